The van der Waals surface area contributed by atoms with E-state index < -0.39 is 12.1 Å². The van der Waals surface area contributed by atoms with Gasteiger partial charge in [-0.2, -0.15) is 0 Å². The number of hydrogen-bond donors (Lipinski definition) is 2. The van der Waals surface area contributed by atoms with Crippen LogP contribution in [0.1, 0.15) is 49.7 Å². The molecule has 4 aliphatic rings. The number of ether oxygens (including phenoxy) is 1. The summed E-state index contributed by atoms with van der Waals surface area (Å²) < 4.78 is 5.41. The van der Waals surface area contributed by atoms with Gasteiger partial charge in [0, 0.05) is 12.0 Å². The second-order valence-electron chi connectivity index (χ2n) is 10.1. The van der Waals surface area contributed by atoms with Gasteiger partial charge in [-0.05, 0) is 67.4 Å². The molecular weight excluding hydrogens is 400 g/mol. The van der Waals surface area contributed by atoms with Gasteiger partial charge in [-0.25, -0.2) is 4.79 Å². The molecule has 2 aromatic carbocycles. The predicted molar refractivity (Wildman–Crippen MR) is 123 cm³/mol. The van der Waals surface area contributed by atoms with Gasteiger partial charge in [0.1, 0.15) is 12.6 Å². The molecule has 5 heteroatoms. The zero-order valence-corrected chi connectivity index (χ0v) is 18.5. The minimum Gasteiger partial charge on any atom is -0.445 e. The largest absolute Gasteiger partial charge is 0.445 e. The van der Waals surface area contributed by atoms with Gasteiger partial charge in [-0.3, -0.25) is 4.79 Å². The lowest BCUT2D eigenvalue weighted by Crippen LogP contribution is -2.63. The standard InChI is InChI=1S/C27H32N2O3/c30-25(29-27-15-21-11-22(16-27)13-23(12-21)17-27)24(14-19-7-3-1-4-8-19)28-26(31)32-18-20-9-5-2-6-10-20/h1-10,21-24H,11-18H2,(H,28,31)(H,29,30)/t21?,22?,23?,24-,27?/m0/s1. The van der Waals surface area contributed by atoms with Crippen LogP contribution in [0.2, 0.25) is 0 Å². The van der Waals surface area contributed by atoms with Crippen molar-refractivity contribution in [2.75, 3.05) is 0 Å². The Balaban J connectivity index is 1.26. The minimum absolute atomic E-state index is 0.0869. The summed E-state index contributed by atoms with van der Waals surface area (Å²) in [5.74, 6) is 2.15. The van der Waals surface area contributed by atoms with Crippen molar-refractivity contribution in [3.8, 4) is 0 Å². The summed E-state index contributed by atoms with van der Waals surface area (Å²) in [4.78, 5) is 26.0. The summed E-state index contributed by atoms with van der Waals surface area (Å²) in [5, 5.41) is 6.26. The quantitative estimate of drug-likeness (QED) is 0.671. The Kier molecular flexibility index (Phi) is 5.90. The average Bonchev–Trinajstić information content (AvgIpc) is 2.77. The molecule has 4 fully saturated rings. The Morgan fingerprint density at radius 2 is 1.38 bits per heavy atom. The fraction of sp³-hybridized carbons (Fsp3) is 0.481. The molecule has 0 aromatic heterocycles. The Morgan fingerprint density at radius 3 is 1.94 bits per heavy atom. The second-order valence-corrected chi connectivity index (χ2v) is 10.1. The molecule has 168 valence electrons. The highest BCUT2D eigenvalue weighted by molar-refractivity contribution is 5.86. The van der Waals surface area contributed by atoms with Crippen molar-refractivity contribution < 1.29 is 14.3 Å². The summed E-state index contributed by atoms with van der Waals surface area (Å²) in [5.41, 5.74) is 1.85. The fourth-order valence-corrected chi connectivity index (χ4v) is 6.58. The third kappa shape index (κ3) is 4.82. The smallest absolute Gasteiger partial charge is 0.408 e. The van der Waals surface area contributed by atoms with E-state index >= 15 is 0 Å². The maximum absolute atomic E-state index is 13.5. The first-order valence-electron chi connectivity index (χ1n) is 11.9. The Bertz CT molecular complexity index is 909. The van der Waals surface area contributed by atoms with E-state index in [9.17, 15) is 9.59 Å². The summed E-state index contributed by atoms with van der Waals surface area (Å²) in [6.07, 6.45) is 7.12. The lowest BCUT2D eigenvalue weighted by molar-refractivity contribution is -0.128. The number of amides is 2. The molecule has 0 saturated heterocycles. The number of hydrogen-bond acceptors (Lipinski definition) is 3. The second kappa shape index (κ2) is 8.97. The van der Waals surface area contributed by atoms with Gasteiger partial charge in [0.15, 0.2) is 0 Å². The fourth-order valence-electron chi connectivity index (χ4n) is 6.58. The van der Waals surface area contributed by atoms with Crippen molar-refractivity contribution in [1.82, 2.24) is 10.6 Å². The van der Waals surface area contributed by atoms with Gasteiger partial charge >= 0.3 is 6.09 Å². The zero-order chi connectivity index (χ0) is 22.0. The molecule has 4 bridgehead atoms. The van der Waals surface area contributed by atoms with Crippen LogP contribution in [0.15, 0.2) is 60.7 Å². The van der Waals surface area contributed by atoms with Crippen LogP contribution < -0.4 is 10.6 Å². The Labute approximate surface area is 189 Å². The van der Waals surface area contributed by atoms with E-state index in [2.05, 4.69) is 10.6 Å². The highest BCUT2D eigenvalue weighted by atomic mass is 16.5. The minimum atomic E-state index is -0.659. The van der Waals surface area contributed by atoms with Crippen LogP contribution in [0.5, 0.6) is 0 Å². The molecule has 32 heavy (non-hydrogen) atoms. The van der Waals surface area contributed by atoms with E-state index in [1.807, 2.05) is 60.7 Å². The zero-order valence-electron chi connectivity index (χ0n) is 18.5. The van der Waals surface area contributed by atoms with Gasteiger partial charge < -0.3 is 15.4 Å². The molecule has 2 aromatic rings. The van der Waals surface area contributed by atoms with Gasteiger partial charge in [-0.1, -0.05) is 60.7 Å². The first-order valence-corrected chi connectivity index (χ1v) is 11.9. The van der Waals surface area contributed by atoms with E-state index in [1.54, 1.807) is 0 Å². The van der Waals surface area contributed by atoms with Crippen molar-refractivity contribution in [3.05, 3.63) is 71.8 Å². The van der Waals surface area contributed by atoms with Crippen molar-refractivity contribution in [2.24, 2.45) is 17.8 Å². The molecule has 0 aliphatic heterocycles. The third-order valence-corrected chi connectivity index (χ3v) is 7.53. The first kappa shape index (κ1) is 21.0. The molecule has 4 aliphatic carbocycles. The van der Waals surface area contributed by atoms with Crippen LogP contribution in [0.3, 0.4) is 0 Å². The Morgan fingerprint density at radius 1 is 0.844 bits per heavy atom. The van der Waals surface area contributed by atoms with Gasteiger partial charge in [0.25, 0.3) is 0 Å². The van der Waals surface area contributed by atoms with Crippen LogP contribution in [0, 0.1) is 17.8 Å². The van der Waals surface area contributed by atoms with E-state index in [0.717, 1.165) is 48.1 Å². The van der Waals surface area contributed by atoms with Crippen molar-refractivity contribution >= 4 is 12.0 Å². The summed E-state index contributed by atoms with van der Waals surface area (Å²) in [6.45, 7) is 0.182. The highest BCUT2D eigenvalue weighted by Crippen LogP contribution is 2.55. The van der Waals surface area contributed by atoms with Gasteiger partial charge in [0.05, 0.1) is 0 Å². The van der Waals surface area contributed by atoms with E-state index in [0.29, 0.717) is 6.42 Å². The molecule has 2 N–H and O–H groups in total. The Hall–Kier alpha value is -2.82. The monoisotopic (exact) mass is 432 g/mol. The van der Waals surface area contributed by atoms with Crippen molar-refractivity contribution in [1.29, 1.82) is 0 Å². The molecule has 6 rings (SSSR count). The van der Waals surface area contributed by atoms with Crippen LogP contribution in [-0.4, -0.2) is 23.6 Å². The lowest BCUT2D eigenvalue weighted by atomic mass is 9.53. The molecule has 4 saturated carbocycles. The van der Waals surface area contributed by atoms with Crippen LogP contribution >= 0.6 is 0 Å². The van der Waals surface area contributed by atoms with Crippen LogP contribution in [0.25, 0.3) is 0 Å². The number of alkyl carbamates (subject to hydrolysis) is 1. The topological polar surface area (TPSA) is 67.4 Å². The van der Waals surface area contributed by atoms with Crippen molar-refractivity contribution in [2.45, 2.75) is 63.1 Å². The molecule has 1 atom stereocenters. The molecule has 0 radical (unpaired) electrons. The SMILES string of the molecule is O=C(N[C@@H](Cc1ccccc1)C(=O)NC12CC3CC(CC(C3)C1)C2)OCc1ccccc1. The number of rotatable bonds is 7. The van der Waals surface area contributed by atoms with Gasteiger partial charge in [0.2, 0.25) is 5.91 Å². The number of carbonyl (C=O) groups is 2. The maximum atomic E-state index is 13.5. The van der Waals surface area contributed by atoms with Crippen molar-refractivity contribution in [3.63, 3.8) is 0 Å². The first-order chi connectivity index (χ1) is 15.6. The normalized spacial score (nSPS) is 28.7. The number of carbonyl (C=O) groups excluding carboxylic acids is 2. The predicted octanol–water partition coefficient (Wildman–Crippen LogP) is 4.61. The third-order valence-electron chi connectivity index (χ3n) is 7.53. The van der Waals surface area contributed by atoms with E-state index in [-0.39, 0.29) is 18.1 Å². The molecule has 5 nitrogen and oxygen atoms in total. The maximum Gasteiger partial charge on any atom is 0.408 e. The molecule has 0 heterocycles. The lowest BCUT2D eigenvalue weighted by Gasteiger charge is -2.57. The van der Waals surface area contributed by atoms with E-state index in [1.165, 1.54) is 19.3 Å². The molecular formula is C27H32N2O3. The number of benzene rings is 2. The number of nitrogens with one attached hydrogen (secondary N) is 2. The van der Waals surface area contributed by atoms with Crippen LogP contribution in [0.4, 0.5) is 4.79 Å². The highest BCUT2D eigenvalue weighted by Gasteiger charge is 2.51. The summed E-state index contributed by atoms with van der Waals surface area (Å²) in [6, 6.07) is 18.8. The molecule has 0 unspecified atom stereocenters. The molecule has 2 amide bonds. The van der Waals surface area contributed by atoms with Gasteiger partial charge in [-0.15, -0.1) is 0 Å². The summed E-state index contributed by atoms with van der Waals surface area (Å²) >= 11 is 0. The average molecular weight is 433 g/mol. The van der Waals surface area contributed by atoms with E-state index in [4.69, 9.17) is 4.74 Å². The summed E-state index contributed by atoms with van der Waals surface area (Å²) in [7, 11) is 0. The molecule has 0 spiro atoms. The van der Waals surface area contributed by atoms with Crippen LogP contribution in [-0.2, 0) is 22.6 Å².